The normalized spacial score (nSPS) is 21.8. The summed E-state index contributed by atoms with van der Waals surface area (Å²) >= 11 is 0. The van der Waals surface area contributed by atoms with E-state index in [0.29, 0.717) is 0 Å². The Bertz CT molecular complexity index is 481. The molecular formula is C14H22N4. The Morgan fingerprint density at radius 2 is 2.17 bits per heavy atom. The lowest BCUT2D eigenvalue weighted by atomic mass is 10.1. The summed E-state index contributed by atoms with van der Waals surface area (Å²) in [5.41, 5.74) is 8.47. The molecule has 1 heterocycles. The lowest BCUT2D eigenvalue weighted by Gasteiger charge is -2.22. The monoisotopic (exact) mass is 246 g/mol. The van der Waals surface area contributed by atoms with Gasteiger partial charge in [-0.25, -0.2) is 4.98 Å². The van der Waals surface area contributed by atoms with Gasteiger partial charge in [0.2, 0.25) is 0 Å². The van der Waals surface area contributed by atoms with Crippen LogP contribution in [0.25, 0.3) is 0 Å². The van der Waals surface area contributed by atoms with Crippen LogP contribution in [0.15, 0.2) is 6.07 Å². The first kappa shape index (κ1) is 12.9. The van der Waals surface area contributed by atoms with E-state index in [1.54, 1.807) is 0 Å². The van der Waals surface area contributed by atoms with Crippen LogP contribution in [-0.2, 0) is 0 Å². The van der Waals surface area contributed by atoms with Gasteiger partial charge in [-0.15, -0.1) is 0 Å². The maximum atomic E-state index is 7.73. The molecule has 0 saturated heterocycles. The summed E-state index contributed by atoms with van der Waals surface area (Å²) in [7, 11) is 2.04. The third kappa shape index (κ3) is 2.47. The molecule has 0 aliphatic heterocycles. The number of nitrogens with two attached hydrogens (primary N) is 1. The van der Waals surface area contributed by atoms with Crippen molar-refractivity contribution in [1.29, 1.82) is 5.41 Å². The van der Waals surface area contributed by atoms with E-state index < -0.39 is 0 Å². The minimum absolute atomic E-state index is 0.102. The molecule has 2 atom stereocenters. The highest BCUT2D eigenvalue weighted by Gasteiger charge is 2.34. The van der Waals surface area contributed by atoms with Gasteiger partial charge in [-0.05, 0) is 43.7 Å². The fraction of sp³-hybridized carbons (Fsp3) is 0.571. The van der Waals surface area contributed by atoms with Gasteiger partial charge in [0.05, 0.1) is 5.56 Å². The number of anilines is 1. The molecule has 0 bridgehead atoms. The van der Waals surface area contributed by atoms with Gasteiger partial charge in [-0.1, -0.05) is 6.92 Å². The average Bonchev–Trinajstić information content (AvgIpc) is 2.92. The Balaban J connectivity index is 2.32. The molecule has 1 aliphatic rings. The number of nitrogen functional groups attached to an aromatic ring is 1. The molecule has 18 heavy (non-hydrogen) atoms. The first-order chi connectivity index (χ1) is 8.40. The van der Waals surface area contributed by atoms with Crippen LogP contribution in [0.2, 0.25) is 0 Å². The summed E-state index contributed by atoms with van der Waals surface area (Å²) in [5.74, 6) is 2.53. The van der Waals surface area contributed by atoms with Gasteiger partial charge in [0.15, 0.2) is 0 Å². The average molecular weight is 246 g/mol. The molecule has 1 aromatic heterocycles. The van der Waals surface area contributed by atoms with Crippen molar-refractivity contribution in [1.82, 2.24) is 4.98 Å². The molecule has 0 aromatic carbocycles. The fourth-order valence-electron chi connectivity index (χ4n) is 2.52. The van der Waals surface area contributed by atoms with Crippen LogP contribution in [0.1, 0.15) is 30.2 Å². The van der Waals surface area contributed by atoms with E-state index >= 15 is 0 Å². The SMILES string of the molecule is Cc1cc(C)c(C(=N)N)c(N(C)CC2CC2C)n1. The second-order valence-corrected chi connectivity index (χ2v) is 5.55. The van der Waals surface area contributed by atoms with Gasteiger partial charge in [-0.3, -0.25) is 5.41 Å². The van der Waals surface area contributed by atoms with Gasteiger partial charge >= 0.3 is 0 Å². The summed E-state index contributed by atoms with van der Waals surface area (Å²) in [5, 5.41) is 7.73. The minimum atomic E-state index is 0.102. The molecular weight excluding hydrogens is 224 g/mol. The van der Waals surface area contributed by atoms with Gasteiger partial charge < -0.3 is 10.6 Å². The summed E-state index contributed by atoms with van der Waals surface area (Å²) in [6.45, 7) is 7.24. The van der Waals surface area contributed by atoms with Crippen LogP contribution in [-0.4, -0.2) is 24.4 Å². The third-order valence-corrected chi connectivity index (χ3v) is 3.74. The molecule has 0 spiro atoms. The van der Waals surface area contributed by atoms with Crippen molar-refractivity contribution in [3.8, 4) is 0 Å². The van der Waals surface area contributed by atoms with Crippen LogP contribution in [0, 0.1) is 31.1 Å². The first-order valence-corrected chi connectivity index (χ1v) is 6.44. The van der Waals surface area contributed by atoms with Gasteiger partial charge in [0.25, 0.3) is 0 Å². The zero-order valence-corrected chi connectivity index (χ0v) is 11.6. The summed E-state index contributed by atoms with van der Waals surface area (Å²) < 4.78 is 0. The van der Waals surface area contributed by atoms with Crippen molar-refractivity contribution in [3.05, 3.63) is 22.9 Å². The summed E-state index contributed by atoms with van der Waals surface area (Å²) in [6, 6.07) is 1.98. The summed E-state index contributed by atoms with van der Waals surface area (Å²) in [4.78, 5) is 6.71. The second-order valence-electron chi connectivity index (χ2n) is 5.55. The maximum absolute atomic E-state index is 7.73. The molecule has 2 unspecified atom stereocenters. The highest BCUT2D eigenvalue weighted by Crippen LogP contribution is 2.38. The van der Waals surface area contributed by atoms with Crippen LogP contribution < -0.4 is 10.6 Å². The van der Waals surface area contributed by atoms with Crippen molar-refractivity contribution >= 4 is 11.7 Å². The van der Waals surface area contributed by atoms with Crippen molar-refractivity contribution in [2.75, 3.05) is 18.5 Å². The number of hydrogen-bond acceptors (Lipinski definition) is 3. The van der Waals surface area contributed by atoms with Gasteiger partial charge in [0.1, 0.15) is 11.7 Å². The Kier molecular flexibility index (Phi) is 3.28. The topological polar surface area (TPSA) is 66.0 Å². The number of rotatable bonds is 4. The molecule has 0 amide bonds. The van der Waals surface area contributed by atoms with E-state index in [-0.39, 0.29) is 5.84 Å². The van der Waals surface area contributed by atoms with Crippen LogP contribution in [0.4, 0.5) is 5.82 Å². The number of pyridine rings is 1. The minimum Gasteiger partial charge on any atom is -0.384 e. The Labute approximate surface area is 109 Å². The molecule has 1 fully saturated rings. The van der Waals surface area contributed by atoms with Crippen LogP contribution >= 0.6 is 0 Å². The van der Waals surface area contributed by atoms with Crippen LogP contribution in [0.5, 0.6) is 0 Å². The number of amidine groups is 1. The molecule has 1 aromatic rings. The molecule has 1 aliphatic carbocycles. The number of hydrogen-bond donors (Lipinski definition) is 2. The van der Waals surface area contributed by atoms with E-state index in [0.717, 1.165) is 41.0 Å². The highest BCUT2D eigenvalue weighted by atomic mass is 15.2. The standard InChI is InChI=1S/C14H22N4/c1-8-6-11(8)7-18(4)14-12(13(15)16)9(2)5-10(3)17-14/h5,8,11H,6-7H2,1-4H3,(H3,15,16). The first-order valence-electron chi connectivity index (χ1n) is 6.44. The van der Waals surface area contributed by atoms with E-state index in [2.05, 4.69) is 16.8 Å². The Morgan fingerprint density at radius 3 is 2.67 bits per heavy atom. The Hall–Kier alpha value is -1.58. The summed E-state index contributed by atoms with van der Waals surface area (Å²) in [6.07, 6.45) is 1.30. The van der Waals surface area contributed by atoms with Crippen LogP contribution in [0.3, 0.4) is 0 Å². The smallest absolute Gasteiger partial charge is 0.139 e. The van der Waals surface area contributed by atoms with Gasteiger partial charge in [0, 0.05) is 19.3 Å². The van der Waals surface area contributed by atoms with Crippen molar-refractivity contribution in [2.45, 2.75) is 27.2 Å². The predicted octanol–water partition coefficient (Wildman–Crippen LogP) is 2.07. The quantitative estimate of drug-likeness (QED) is 0.631. The fourth-order valence-corrected chi connectivity index (χ4v) is 2.52. The molecule has 98 valence electrons. The predicted molar refractivity (Wildman–Crippen MR) is 75.3 cm³/mol. The highest BCUT2D eigenvalue weighted by molar-refractivity contribution is 6.01. The van der Waals surface area contributed by atoms with E-state index in [4.69, 9.17) is 11.1 Å². The van der Waals surface area contributed by atoms with Crippen molar-refractivity contribution in [3.63, 3.8) is 0 Å². The lowest BCUT2D eigenvalue weighted by Crippen LogP contribution is -2.27. The number of nitrogens with zero attached hydrogens (tertiary/aromatic N) is 2. The molecule has 4 nitrogen and oxygen atoms in total. The number of aromatic nitrogens is 1. The van der Waals surface area contributed by atoms with E-state index in [1.807, 2.05) is 27.0 Å². The Morgan fingerprint density at radius 1 is 1.56 bits per heavy atom. The number of nitrogens with one attached hydrogen (secondary N) is 1. The van der Waals surface area contributed by atoms with Gasteiger partial charge in [-0.2, -0.15) is 0 Å². The number of aryl methyl sites for hydroxylation is 2. The molecule has 0 radical (unpaired) electrons. The van der Waals surface area contributed by atoms with Crippen molar-refractivity contribution in [2.24, 2.45) is 17.6 Å². The molecule has 1 saturated carbocycles. The zero-order chi connectivity index (χ0) is 13.4. The zero-order valence-electron chi connectivity index (χ0n) is 11.6. The largest absolute Gasteiger partial charge is 0.384 e. The second kappa shape index (κ2) is 4.59. The van der Waals surface area contributed by atoms with E-state index in [1.165, 1.54) is 6.42 Å². The molecule has 2 rings (SSSR count). The lowest BCUT2D eigenvalue weighted by molar-refractivity contribution is 0.718. The molecule has 3 N–H and O–H groups in total. The maximum Gasteiger partial charge on any atom is 0.139 e. The van der Waals surface area contributed by atoms with E-state index in [9.17, 15) is 0 Å². The van der Waals surface area contributed by atoms with Crippen molar-refractivity contribution < 1.29 is 0 Å². The third-order valence-electron chi connectivity index (χ3n) is 3.74. The molecule has 4 heteroatoms.